The first-order valence-electron chi connectivity index (χ1n) is 9.14. The minimum atomic E-state index is -3.45. The number of hydrogen-bond acceptors (Lipinski definition) is 4. The maximum Gasteiger partial charge on any atom is 0.251 e. The Kier molecular flexibility index (Phi) is 6.31. The molecule has 0 aliphatic rings. The van der Waals surface area contributed by atoms with Crippen LogP contribution in [0.3, 0.4) is 0 Å². The predicted octanol–water partition coefficient (Wildman–Crippen LogP) is 4.00. The van der Waals surface area contributed by atoms with E-state index in [2.05, 4.69) is 5.32 Å². The van der Waals surface area contributed by atoms with Crippen molar-refractivity contribution in [1.29, 1.82) is 0 Å². The van der Waals surface area contributed by atoms with Crippen LogP contribution in [0.5, 0.6) is 0 Å². The highest BCUT2D eigenvalue weighted by molar-refractivity contribution is 7.90. The second kappa shape index (κ2) is 8.89. The zero-order valence-corrected chi connectivity index (χ0v) is 16.5. The molecular weight excluding hydrogens is 374 g/mol. The molecule has 3 rings (SSSR count). The first-order chi connectivity index (χ1) is 13.4. The van der Waals surface area contributed by atoms with E-state index in [4.69, 9.17) is 4.42 Å². The second-order valence-electron chi connectivity index (χ2n) is 6.77. The average molecular weight is 397 g/mol. The number of carbonyl (C=O) groups is 1. The van der Waals surface area contributed by atoms with E-state index in [1.54, 1.807) is 60.9 Å². The van der Waals surface area contributed by atoms with Crippen LogP contribution in [0.1, 0.15) is 35.0 Å². The Balaban J connectivity index is 1.63. The zero-order chi connectivity index (χ0) is 20.0. The fourth-order valence-electron chi connectivity index (χ4n) is 2.93. The van der Waals surface area contributed by atoms with Gasteiger partial charge in [0.15, 0.2) is 9.84 Å². The lowest BCUT2D eigenvalue weighted by molar-refractivity contribution is 0.0938. The maximum atomic E-state index is 12.5. The first kappa shape index (κ1) is 19.9. The van der Waals surface area contributed by atoms with Crippen molar-refractivity contribution in [1.82, 2.24) is 5.32 Å². The highest BCUT2D eigenvalue weighted by Gasteiger charge is 2.16. The largest absolute Gasteiger partial charge is 0.469 e. The van der Waals surface area contributed by atoms with Crippen LogP contribution in [-0.4, -0.2) is 20.4 Å². The summed E-state index contributed by atoms with van der Waals surface area (Å²) < 4.78 is 30.4. The van der Waals surface area contributed by atoms with Gasteiger partial charge in [0.25, 0.3) is 5.91 Å². The van der Waals surface area contributed by atoms with Crippen molar-refractivity contribution in [3.8, 4) is 0 Å². The van der Waals surface area contributed by atoms with Gasteiger partial charge in [-0.3, -0.25) is 4.79 Å². The Bertz CT molecular complexity index is 1010. The van der Waals surface area contributed by atoms with Crippen molar-refractivity contribution >= 4 is 15.7 Å². The number of aryl methyl sites for hydroxylation is 1. The lowest BCUT2D eigenvalue weighted by Gasteiger charge is -2.14. The number of amides is 1. The van der Waals surface area contributed by atoms with Gasteiger partial charge in [-0.25, -0.2) is 8.42 Å². The molecule has 1 unspecified atom stereocenters. The van der Waals surface area contributed by atoms with Crippen LogP contribution in [0.25, 0.3) is 0 Å². The summed E-state index contributed by atoms with van der Waals surface area (Å²) in [5.74, 6) is 0.520. The molecule has 0 spiro atoms. The molecule has 6 heteroatoms. The van der Waals surface area contributed by atoms with Gasteiger partial charge >= 0.3 is 0 Å². The van der Waals surface area contributed by atoms with Crippen LogP contribution in [-0.2, 0) is 22.0 Å². The van der Waals surface area contributed by atoms with Gasteiger partial charge in [0.05, 0.1) is 16.9 Å². The maximum absolute atomic E-state index is 12.5. The Hall–Kier alpha value is -2.86. The van der Waals surface area contributed by atoms with E-state index in [9.17, 15) is 13.2 Å². The lowest BCUT2D eigenvalue weighted by Crippen LogP contribution is -2.32. The molecule has 1 aromatic heterocycles. The monoisotopic (exact) mass is 397 g/mol. The third-order valence-corrected chi connectivity index (χ3v) is 6.13. The van der Waals surface area contributed by atoms with Crippen molar-refractivity contribution in [3.63, 3.8) is 0 Å². The number of benzene rings is 2. The number of hydrogen-bond donors (Lipinski definition) is 1. The normalized spacial score (nSPS) is 12.5. The molecule has 3 aromatic rings. The van der Waals surface area contributed by atoms with Gasteiger partial charge in [-0.2, -0.15) is 0 Å². The highest BCUT2D eigenvalue weighted by Crippen LogP contribution is 2.17. The summed E-state index contributed by atoms with van der Waals surface area (Å²) in [6.45, 7) is 1.94. The van der Waals surface area contributed by atoms with Crippen LogP contribution in [0.4, 0.5) is 0 Å². The standard InChI is InChI=1S/C22H23NO4S/c1-17(12-13-20-9-6-14-27-20)23-22(24)19-8-5-7-18(15-19)16-28(25,26)21-10-3-2-4-11-21/h2-11,14-15,17H,12-13,16H2,1H3,(H,23,24). The number of furan rings is 1. The molecule has 146 valence electrons. The van der Waals surface area contributed by atoms with Crippen LogP contribution in [0.2, 0.25) is 0 Å². The minimum Gasteiger partial charge on any atom is -0.469 e. The Morgan fingerprint density at radius 1 is 1.04 bits per heavy atom. The third kappa shape index (κ3) is 5.33. The fourth-order valence-corrected chi connectivity index (χ4v) is 4.28. The highest BCUT2D eigenvalue weighted by atomic mass is 32.2. The molecular formula is C22H23NO4S. The minimum absolute atomic E-state index is 0.0330. The Morgan fingerprint density at radius 3 is 2.54 bits per heavy atom. The Morgan fingerprint density at radius 2 is 1.82 bits per heavy atom. The van der Waals surface area contributed by atoms with Crippen LogP contribution in [0, 0.1) is 0 Å². The first-order valence-corrected chi connectivity index (χ1v) is 10.8. The number of carbonyl (C=O) groups excluding carboxylic acids is 1. The van der Waals surface area contributed by atoms with Crippen LogP contribution >= 0.6 is 0 Å². The number of rotatable bonds is 8. The smallest absolute Gasteiger partial charge is 0.251 e. The molecule has 0 bridgehead atoms. The molecule has 5 nitrogen and oxygen atoms in total. The van der Waals surface area contributed by atoms with Crippen molar-refractivity contribution in [2.24, 2.45) is 0 Å². The van der Waals surface area contributed by atoms with Crippen molar-refractivity contribution < 1.29 is 17.6 Å². The van der Waals surface area contributed by atoms with E-state index in [-0.39, 0.29) is 22.6 Å². The van der Waals surface area contributed by atoms with Crippen LogP contribution in [0.15, 0.2) is 82.3 Å². The topological polar surface area (TPSA) is 76.4 Å². The zero-order valence-electron chi connectivity index (χ0n) is 15.7. The second-order valence-corrected chi connectivity index (χ2v) is 8.75. The summed E-state index contributed by atoms with van der Waals surface area (Å²) in [6.07, 6.45) is 3.12. The number of sulfone groups is 1. The molecule has 1 N–H and O–H groups in total. The molecule has 1 atom stereocenters. The predicted molar refractivity (Wildman–Crippen MR) is 108 cm³/mol. The van der Waals surface area contributed by atoms with Gasteiger partial charge in [0.2, 0.25) is 0 Å². The molecule has 2 aromatic carbocycles. The van der Waals surface area contributed by atoms with E-state index in [1.165, 1.54) is 0 Å². The summed E-state index contributed by atoms with van der Waals surface area (Å²) in [4.78, 5) is 12.8. The molecule has 0 radical (unpaired) electrons. The number of nitrogens with one attached hydrogen (secondary N) is 1. The van der Waals surface area contributed by atoms with Gasteiger partial charge in [-0.05, 0) is 55.3 Å². The summed E-state index contributed by atoms with van der Waals surface area (Å²) in [5.41, 5.74) is 1.03. The van der Waals surface area contributed by atoms with Crippen molar-refractivity contribution in [3.05, 3.63) is 89.9 Å². The summed E-state index contributed by atoms with van der Waals surface area (Å²) >= 11 is 0. The molecule has 1 heterocycles. The van der Waals surface area contributed by atoms with E-state index < -0.39 is 9.84 Å². The molecule has 1 amide bonds. The van der Waals surface area contributed by atoms with Crippen molar-refractivity contribution in [2.45, 2.75) is 36.5 Å². The average Bonchev–Trinajstić information content (AvgIpc) is 3.20. The molecule has 0 fully saturated rings. The quantitative estimate of drug-likeness (QED) is 0.623. The molecule has 0 aliphatic carbocycles. The summed E-state index contributed by atoms with van der Waals surface area (Å²) in [7, 11) is -3.45. The SMILES string of the molecule is CC(CCc1ccco1)NC(=O)c1cccc(CS(=O)(=O)c2ccccc2)c1. The van der Waals surface area contributed by atoms with Gasteiger partial charge in [-0.1, -0.05) is 30.3 Å². The van der Waals surface area contributed by atoms with Crippen molar-refractivity contribution in [2.75, 3.05) is 0 Å². The van der Waals surface area contributed by atoms with Gasteiger partial charge in [0.1, 0.15) is 5.76 Å². The van der Waals surface area contributed by atoms with E-state index in [0.717, 1.165) is 18.6 Å². The van der Waals surface area contributed by atoms with E-state index in [1.807, 2.05) is 19.1 Å². The molecule has 0 saturated heterocycles. The molecule has 0 saturated carbocycles. The van der Waals surface area contributed by atoms with Crippen LogP contribution < -0.4 is 5.32 Å². The summed E-state index contributed by atoms with van der Waals surface area (Å²) in [6, 6.07) is 18.8. The van der Waals surface area contributed by atoms with E-state index >= 15 is 0 Å². The fraction of sp³-hybridized carbons (Fsp3) is 0.227. The lowest BCUT2D eigenvalue weighted by atomic mass is 10.1. The van der Waals surface area contributed by atoms with E-state index in [0.29, 0.717) is 11.1 Å². The molecule has 28 heavy (non-hydrogen) atoms. The van der Waals surface area contributed by atoms with Gasteiger partial charge in [-0.15, -0.1) is 0 Å². The third-order valence-electron chi connectivity index (χ3n) is 4.43. The van der Waals surface area contributed by atoms with Gasteiger partial charge in [0, 0.05) is 18.0 Å². The molecule has 0 aliphatic heterocycles. The Labute approximate surface area is 165 Å². The van der Waals surface area contributed by atoms with Gasteiger partial charge < -0.3 is 9.73 Å². The summed E-state index contributed by atoms with van der Waals surface area (Å²) in [5, 5.41) is 2.95.